The average Bonchev–Trinajstić information content (AvgIpc) is 3.33. The summed E-state index contributed by atoms with van der Waals surface area (Å²) in [7, 11) is 1.85. The van der Waals surface area contributed by atoms with Crippen molar-refractivity contribution in [1.82, 2.24) is 14.5 Å². The van der Waals surface area contributed by atoms with Crippen LogP contribution in [0.1, 0.15) is 33.7 Å². The minimum atomic E-state index is 0.0122. The predicted octanol–water partition coefficient (Wildman–Crippen LogP) is 4.98. The zero-order valence-corrected chi connectivity index (χ0v) is 16.9. The number of fused-ring (bicyclic) bond motifs is 1. The van der Waals surface area contributed by atoms with E-state index in [2.05, 4.69) is 40.7 Å². The maximum atomic E-state index is 13.3. The standard InChI is InChI=1S/C23H23N3OS/c1-3-22-24-19(16-28-22)15-25(2)23(27)21-13-18-11-7-8-12-20(18)26(21)14-17-9-5-4-6-10-17/h4-13,16H,3,14-15H2,1-2H3. The second-order valence-corrected chi connectivity index (χ2v) is 7.85. The largest absolute Gasteiger partial charge is 0.335 e. The van der Waals surface area contributed by atoms with Crippen molar-refractivity contribution < 1.29 is 4.79 Å². The second-order valence-electron chi connectivity index (χ2n) is 6.91. The number of amides is 1. The van der Waals surface area contributed by atoms with E-state index in [-0.39, 0.29) is 5.91 Å². The van der Waals surface area contributed by atoms with Crippen LogP contribution in [0.4, 0.5) is 0 Å². The summed E-state index contributed by atoms with van der Waals surface area (Å²) in [5.41, 5.74) is 3.90. The van der Waals surface area contributed by atoms with Crippen LogP contribution >= 0.6 is 11.3 Å². The van der Waals surface area contributed by atoms with Gasteiger partial charge in [0.15, 0.2) is 0 Å². The van der Waals surface area contributed by atoms with Gasteiger partial charge < -0.3 is 9.47 Å². The lowest BCUT2D eigenvalue weighted by molar-refractivity contribution is 0.0774. The normalized spacial score (nSPS) is 11.1. The van der Waals surface area contributed by atoms with Gasteiger partial charge in [0.1, 0.15) is 5.69 Å². The number of aromatic nitrogens is 2. The summed E-state index contributed by atoms with van der Waals surface area (Å²) >= 11 is 1.65. The first-order valence-electron chi connectivity index (χ1n) is 9.46. The van der Waals surface area contributed by atoms with Crippen molar-refractivity contribution in [3.8, 4) is 0 Å². The Bertz CT molecular complexity index is 1100. The molecule has 0 atom stereocenters. The van der Waals surface area contributed by atoms with Crippen molar-refractivity contribution in [3.05, 3.63) is 88.0 Å². The monoisotopic (exact) mass is 389 g/mol. The predicted molar refractivity (Wildman–Crippen MR) is 115 cm³/mol. The van der Waals surface area contributed by atoms with Crippen LogP contribution in [0.15, 0.2) is 66.0 Å². The molecule has 0 spiro atoms. The molecule has 0 aliphatic carbocycles. The first-order valence-corrected chi connectivity index (χ1v) is 10.3. The molecule has 1 amide bonds. The number of aryl methyl sites for hydroxylation is 1. The number of nitrogens with zero attached hydrogens (tertiary/aromatic N) is 3. The number of hydrogen-bond acceptors (Lipinski definition) is 3. The van der Waals surface area contributed by atoms with Crippen molar-refractivity contribution in [2.75, 3.05) is 7.05 Å². The summed E-state index contributed by atoms with van der Waals surface area (Å²) in [6, 6.07) is 20.4. The molecular weight excluding hydrogens is 366 g/mol. The molecule has 0 N–H and O–H groups in total. The van der Waals surface area contributed by atoms with Gasteiger partial charge in [0, 0.05) is 29.9 Å². The number of thiazole rings is 1. The Balaban J connectivity index is 1.66. The highest BCUT2D eigenvalue weighted by atomic mass is 32.1. The van der Waals surface area contributed by atoms with E-state index in [9.17, 15) is 4.79 Å². The lowest BCUT2D eigenvalue weighted by Gasteiger charge is -2.18. The second kappa shape index (κ2) is 7.98. The summed E-state index contributed by atoms with van der Waals surface area (Å²) < 4.78 is 2.11. The van der Waals surface area contributed by atoms with Gasteiger partial charge in [-0.1, -0.05) is 55.5 Å². The number of hydrogen-bond donors (Lipinski definition) is 0. The van der Waals surface area contributed by atoms with Gasteiger partial charge >= 0.3 is 0 Å². The molecule has 0 aliphatic heterocycles. The van der Waals surface area contributed by atoms with Gasteiger partial charge in [-0.25, -0.2) is 4.98 Å². The summed E-state index contributed by atoms with van der Waals surface area (Å²) in [6.45, 7) is 3.28. The Morgan fingerprint density at radius 2 is 1.86 bits per heavy atom. The van der Waals surface area contributed by atoms with E-state index in [1.54, 1.807) is 16.2 Å². The molecule has 0 saturated carbocycles. The molecule has 4 nitrogen and oxygen atoms in total. The van der Waals surface area contributed by atoms with Crippen LogP contribution < -0.4 is 0 Å². The van der Waals surface area contributed by atoms with Gasteiger partial charge in [-0.05, 0) is 24.1 Å². The van der Waals surface area contributed by atoms with Crippen molar-refractivity contribution >= 4 is 28.1 Å². The highest BCUT2D eigenvalue weighted by Gasteiger charge is 2.20. The third-order valence-electron chi connectivity index (χ3n) is 4.86. The third-order valence-corrected chi connectivity index (χ3v) is 5.90. The molecule has 28 heavy (non-hydrogen) atoms. The molecule has 0 aliphatic rings. The first kappa shape index (κ1) is 18.4. The van der Waals surface area contributed by atoms with Gasteiger partial charge in [-0.15, -0.1) is 11.3 Å². The molecule has 0 bridgehead atoms. The topological polar surface area (TPSA) is 38.1 Å². The van der Waals surface area contributed by atoms with Crippen LogP contribution in [0.2, 0.25) is 0 Å². The fourth-order valence-corrected chi connectivity index (χ4v) is 4.15. The number of rotatable bonds is 6. The molecular formula is C23H23N3OS. The Morgan fingerprint density at radius 3 is 2.61 bits per heavy atom. The lowest BCUT2D eigenvalue weighted by Crippen LogP contribution is -2.28. The molecule has 2 aromatic carbocycles. The van der Waals surface area contributed by atoms with Crippen LogP contribution in [0.25, 0.3) is 10.9 Å². The Hall–Kier alpha value is -2.92. The van der Waals surface area contributed by atoms with E-state index < -0.39 is 0 Å². The smallest absolute Gasteiger partial charge is 0.270 e. The summed E-state index contributed by atoms with van der Waals surface area (Å²) in [5.74, 6) is 0.0122. The van der Waals surface area contributed by atoms with Gasteiger partial charge in [0.05, 0.1) is 17.2 Å². The van der Waals surface area contributed by atoms with Gasteiger partial charge in [-0.3, -0.25) is 4.79 Å². The Kier molecular flexibility index (Phi) is 5.26. The molecule has 0 fully saturated rings. The van der Waals surface area contributed by atoms with Crippen LogP contribution in [0.3, 0.4) is 0 Å². The molecule has 0 radical (unpaired) electrons. The number of carbonyl (C=O) groups is 1. The molecule has 0 unspecified atom stereocenters. The average molecular weight is 390 g/mol. The summed E-state index contributed by atoms with van der Waals surface area (Å²) in [6.07, 6.45) is 0.924. The molecule has 0 saturated heterocycles. The number of benzene rings is 2. The third kappa shape index (κ3) is 3.71. The van der Waals surface area contributed by atoms with E-state index in [4.69, 9.17) is 0 Å². The van der Waals surface area contributed by atoms with Gasteiger partial charge in [0.25, 0.3) is 5.91 Å². The van der Waals surface area contributed by atoms with Crippen LogP contribution in [0.5, 0.6) is 0 Å². The van der Waals surface area contributed by atoms with E-state index >= 15 is 0 Å². The minimum Gasteiger partial charge on any atom is -0.335 e. The Labute approximate surface area is 169 Å². The van der Waals surface area contributed by atoms with Crippen LogP contribution in [0, 0.1) is 0 Å². The number of carbonyl (C=O) groups excluding carboxylic acids is 1. The fourth-order valence-electron chi connectivity index (χ4n) is 3.42. The summed E-state index contributed by atoms with van der Waals surface area (Å²) in [4.78, 5) is 19.6. The lowest BCUT2D eigenvalue weighted by atomic mass is 10.2. The zero-order valence-electron chi connectivity index (χ0n) is 16.1. The van der Waals surface area contributed by atoms with Crippen molar-refractivity contribution in [2.45, 2.75) is 26.4 Å². The van der Waals surface area contributed by atoms with Crippen LogP contribution in [-0.2, 0) is 19.5 Å². The van der Waals surface area contributed by atoms with Crippen molar-refractivity contribution in [2.24, 2.45) is 0 Å². The molecule has 142 valence electrons. The van der Waals surface area contributed by atoms with Crippen molar-refractivity contribution in [3.63, 3.8) is 0 Å². The maximum Gasteiger partial charge on any atom is 0.270 e. The Morgan fingerprint density at radius 1 is 1.11 bits per heavy atom. The SMILES string of the molecule is CCc1nc(CN(C)C(=O)c2cc3ccccc3n2Cc2ccccc2)cs1. The number of para-hydroxylation sites is 1. The first-order chi connectivity index (χ1) is 13.7. The van der Waals surface area contributed by atoms with Gasteiger partial charge in [-0.2, -0.15) is 0 Å². The van der Waals surface area contributed by atoms with Gasteiger partial charge in [0.2, 0.25) is 0 Å². The molecule has 5 heteroatoms. The zero-order chi connectivity index (χ0) is 19.5. The molecule has 4 rings (SSSR count). The fraction of sp³-hybridized carbons (Fsp3) is 0.217. The highest BCUT2D eigenvalue weighted by molar-refractivity contribution is 7.09. The molecule has 2 heterocycles. The maximum absolute atomic E-state index is 13.3. The van der Waals surface area contributed by atoms with E-state index in [0.29, 0.717) is 18.8 Å². The van der Waals surface area contributed by atoms with Crippen LogP contribution in [-0.4, -0.2) is 27.4 Å². The highest BCUT2D eigenvalue weighted by Crippen LogP contribution is 2.23. The van der Waals surface area contributed by atoms with Crippen molar-refractivity contribution in [1.29, 1.82) is 0 Å². The van der Waals surface area contributed by atoms with E-state index in [1.807, 2.05) is 48.8 Å². The van der Waals surface area contributed by atoms with E-state index in [0.717, 1.165) is 28.0 Å². The van der Waals surface area contributed by atoms with E-state index in [1.165, 1.54) is 5.56 Å². The molecule has 4 aromatic rings. The molecule has 2 aromatic heterocycles. The minimum absolute atomic E-state index is 0.0122. The summed E-state index contributed by atoms with van der Waals surface area (Å²) in [5, 5.41) is 4.23. The quantitative estimate of drug-likeness (QED) is 0.466.